The molecule has 5 heteroatoms. The van der Waals surface area contributed by atoms with E-state index in [9.17, 15) is 4.39 Å². The van der Waals surface area contributed by atoms with Crippen LogP contribution < -0.4 is 0 Å². The van der Waals surface area contributed by atoms with Crippen LogP contribution in [-0.2, 0) is 0 Å². The van der Waals surface area contributed by atoms with Gasteiger partial charge in [0, 0.05) is 4.47 Å². The second kappa shape index (κ2) is 4.33. The molecule has 1 heterocycles. The van der Waals surface area contributed by atoms with Crippen LogP contribution in [0.15, 0.2) is 46.9 Å². The minimum absolute atomic E-state index is 0.315. The first-order chi connectivity index (χ1) is 8.68. The number of aromatic amines is 1. The first-order valence-corrected chi connectivity index (χ1v) is 6.53. The molecule has 2 nitrogen and oxygen atoms in total. The number of aromatic nitrogens is 2. The van der Waals surface area contributed by atoms with Crippen LogP contribution in [0, 0.1) is 10.6 Å². The number of nitrogens with one attached hydrogen (secondary N) is 1. The highest BCUT2D eigenvalue weighted by Crippen LogP contribution is 2.27. The van der Waals surface area contributed by atoms with Gasteiger partial charge in [-0.05, 0) is 52.4 Å². The lowest BCUT2D eigenvalue weighted by Gasteiger charge is -2.08. The minimum atomic E-state index is -0.315. The average molecular weight is 323 g/mol. The van der Waals surface area contributed by atoms with E-state index < -0.39 is 0 Å². The van der Waals surface area contributed by atoms with Gasteiger partial charge in [-0.25, -0.2) is 4.39 Å². The summed E-state index contributed by atoms with van der Waals surface area (Å²) >= 11 is 8.64. The molecule has 0 aliphatic carbocycles. The van der Waals surface area contributed by atoms with Crippen LogP contribution in [0.3, 0.4) is 0 Å². The fourth-order valence-electron chi connectivity index (χ4n) is 1.98. The monoisotopic (exact) mass is 322 g/mol. The Bertz CT molecular complexity index is 771. The maximum atomic E-state index is 14.0. The Kier molecular flexibility index (Phi) is 2.80. The molecular weight excluding hydrogens is 315 g/mol. The van der Waals surface area contributed by atoms with Crippen molar-refractivity contribution in [3.8, 4) is 5.69 Å². The Balaban J connectivity index is 2.46. The minimum Gasteiger partial charge on any atom is -0.330 e. The molecule has 18 heavy (non-hydrogen) atoms. The van der Waals surface area contributed by atoms with E-state index in [1.165, 1.54) is 6.07 Å². The summed E-state index contributed by atoms with van der Waals surface area (Å²) in [5.74, 6) is -0.315. The van der Waals surface area contributed by atoms with Gasteiger partial charge in [-0.3, -0.25) is 4.57 Å². The molecule has 2 aromatic carbocycles. The molecule has 0 fully saturated rings. The van der Waals surface area contributed by atoms with Gasteiger partial charge in [-0.15, -0.1) is 0 Å². The van der Waals surface area contributed by atoms with E-state index in [0.29, 0.717) is 14.9 Å². The molecule has 0 spiro atoms. The first-order valence-electron chi connectivity index (χ1n) is 5.32. The summed E-state index contributed by atoms with van der Waals surface area (Å²) in [5.41, 5.74) is 2.17. The van der Waals surface area contributed by atoms with Gasteiger partial charge in [0.15, 0.2) is 4.77 Å². The summed E-state index contributed by atoms with van der Waals surface area (Å²) in [6, 6.07) is 12.5. The van der Waals surface area contributed by atoms with Gasteiger partial charge in [-0.1, -0.05) is 18.2 Å². The van der Waals surface area contributed by atoms with Crippen molar-refractivity contribution < 1.29 is 4.39 Å². The maximum Gasteiger partial charge on any atom is 0.182 e. The number of nitrogens with zero attached hydrogens (tertiary/aromatic N) is 1. The first kappa shape index (κ1) is 11.6. The lowest BCUT2D eigenvalue weighted by atomic mass is 10.2. The van der Waals surface area contributed by atoms with Crippen molar-refractivity contribution >= 4 is 39.2 Å². The zero-order chi connectivity index (χ0) is 12.7. The largest absolute Gasteiger partial charge is 0.330 e. The molecule has 0 aliphatic rings. The summed E-state index contributed by atoms with van der Waals surface area (Å²) in [6.45, 7) is 0. The van der Waals surface area contributed by atoms with Crippen molar-refractivity contribution in [2.24, 2.45) is 0 Å². The fraction of sp³-hybridized carbons (Fsp3) is 0. The van der Waals surface area contributed by atoms with E-state index in [4.69, 9.17) is 12.2 Å². The summed E-state index contributed by atoms with van der Waals surface area (Å²) in [4.78, 5) is 3.07. The number of para-hydroxylation sites is 3. The number of benzene rings is 2. The smallest absolute Gasteiger partial charge is 0.182 e. The van der Waals surface area contributed by atoms with E-state index in [1.54, 1.807) is 16.7 Å². The zero-order valence-electron chi connectivity index (χ0n) is 9.15. The highest BCUT2D eigenvalue weighted by molar-refractivity contribution is 9.10. The van der Waals surface area contributed by atoms with E-state index in [2.05, 4.69) is 20.9 Å². The standard InChI is InChI=1S/C13H8BrFN2S/c14-8-4-3-5-9(15)12(8)17-11-7-2-1-6-10(11)16-13(17)18/h1-7H,(H,16,18). The Morgan fingerprint density at radius 1 is 1.11 bits per heavy atom. The maximum absolute atomic E-state index is 14.0. The lowest BCUT2D eigenvalue weighted by molar-refractivity contribution is 0.617. The molecule has 0 saturated heterocycles. The highest BCUT2D eigenvalue weighted by atomic mass is 79.9. The predicted molar refractivity (Wildman–Crippen MR) is 76.1 cm³/mol. The quantitative estimate of drug-likeness (QED) is 0.650. The Labute approximate surface area is 116 Å². The van der Waals surface area contributed by atoms with Crippen LogP contribution in [0.5, 0.6) is 0 Å². The van der Waals surface area contributed by atoms with E-state index in [-0.39, 0.29) is 5.82 Å². The van der Waals surface area contributed by atoms with Gasteiger partial charge >= 0.3 is 0 Å². The van der Waals surface area contributed by atoms with Crippen LogP contribution in [0.2, 0.25) is 0 Å². The number of fused-ring (bicyclic) bond motifs is 1. The number of H-pyrrole nitrogens is 1. The third-order valence-electron chi connectivity index (χ3n) is 2.75. The third kappa shape index (κ3) is 1.71. The lowest BCUT2D eigenvalue weighted by Crippen LogP contribution is -1.98. The molecule has 0 saturated carbocycles. The summed E-state index contributed by atoms with van der Waals surface area (Å²) in [5, 5.41) is 0. The molecule has 0 unspecified atom stereocenters. The molecule has 1 N–H and O–H groups in total. The number of hydrogen-bond acceptors (Lipinski definition) is 1. The SMILES string of the molecule is Fc1cccc(Br)c1-n1c(=S)[nH]c2ccccc21. The van der Waals surface area contributed by atoms with Crippen molar-refractivity contribution in [1.82, 2.24) is 9.55 Å². The van der Waals surface area contributed by atoms with Crippen molar-refractivity contribution in [2.75, 3.05) is 0 Å². The van der Waals surface area contributed by atoms with Crippen molar-refractivity contribution in [1.29, 1.82) is 0 Å². The van der Waals surface area contributed by atoms with Crippen molar-refractivity contribution in [3.05, 3.63) is 57.5 Å². The summed E-state index contributed by atoms with van der Waals surface area (Å²) in [6.07, 6.45) is 0. The van der Waals surface area contributed by atoms with Crippen LogP contribution in [0.25, 0.3) is 16.7 Å². The molecule has 0 atom stereocenters. The van der Waals surface area contributed by atoms with Gasteiger partial charge in [0.05, 0.1) is 16.7 Å². The van der Waals surface area contributed by atoms with Gasteiger partial charge < -0.3 is 4.98 Å². The zero-order valence-corrected chi connectivity index (χ0v) is 11.6. The number of halogens is 2. The Morgan fingerprint density at radius 2 is 1.89 bits per heavy atom. The van der Waals surface area contributed by atoms with Gasteiger partial charge in [0.2, 0.25) is 0 Å². The molecule has 3 rings (SSSR count). The van der Waals surface area contributed by atoms with E-state index in [1.807, 2.05) is 24.3 Å². The second-order valence-corrected chi connectivity index (χ2v) is 5.09. The van der Waals surface area contributed by atoms with Crippen LogP contribution in [0.1, 0.15) is 0 Å². The van der Waals surface area contributed by atoms with Crippen molar-refractivity contribution in [2.45, 2.75) is 0 Å². The topological polar surface area (TPSA) is 20.7 Å². The van der Waals surface area contributed by atoms with Crippen LogP contribution in [-0.4, -0.2) is 9.55 Å². The molecule has 90 valence electrons. The normalized spacial score (nSPS) is 11.0. The summed E-state index contributed by atoms with van der Waals surface area (Å²) in [7, 11) is 0. The number of rotatable bonds is 1. The van der Waals surface area contributed by atoms with E-state index in [0.717, 1.165) is 11.0 Å². The third-order valence-corrected chi connectivity index (χ3v) is 3.68. The number of imidazole rings is 1. The molecular formula is C13H8BrFN2S. The van der Waals surface area contributed by atoms with Gasteiger partial charge in [-0.2, -0.15) is 0 Å². The molecule has 0 bridgehead atoms. The second-order valence-electron chi connectivity index (χ2n) is 3.85. The summed E-state index contributed by atoms with van der Waals surface area (Å²) < 4.78 is 16.9. The van der Waals surface area contributed by atoms with E-state index >= 15 is 0 Å². The Hall–Kier alpha value is -1.46. The molecule has 3 aromatic rings. The molecule has 1 aromatic heterocycles. The highest BCUT2D eigenvalue weighted by Gasteiger charge is 2.13. The molecule has 0 amide bonds. The Morgan fingerprint density at radius 3 is 2.67 bits per heavy atom. The van der Waals surface area contributed by atoms with Crippen LogP contribution >= 0.6 is 28.1 Å². The van der Waals surface area contributed by atoms with Gasteiger partial charge in [0.25, 0.3) is 0 Å². The molecule has 0 radical (unpaired) electrons. The van der Waals surface area contributed by atoms with Gasteiger partial charge in [0.1, 0.15) is 5.82 Å². The van der Waals surface area contributed by atoms with Crippen molar-refractivity contribution in [3.63, 3.8) is 0 Å². The molecule has 0 aliphatic heterocycles. The predicted octanol–water partition coefficient (Wildman–Crippen LogP) is 4.59. The van der Waals surface area contributed by atoms with Crippen LogP contribution in [0.4, 0.5) is 4.39 Å². The number of hydrogen-bond donors (Lipinski definition) is 1. The fourth-order valence-corrected chi connectivity index (χ4v) is 2.80. The average Bonchev–Trinajstić information content (AvgIpc) is 2.66.